The molecule has 0 aliphatic carbocycles. The zero-order valence-electron chi connectivity index (χ0n) is 9.13. The SMILES string of the molecule is FC(F)(F)c1ccc(C23CCC(CC2)O3)nc1. The molecule has 0 saturated carbocycles. The average molecular weight is 243 g/mol. The van der Waals surface area contributed by atoms with Gasteiger partial charge in [0.15, 0.2) is 0 Å². The molecule has 3 rings (SSSR count). The molecule has 2 aliphatic heterocycles. The molecule has 2 bridgehead atoms. The summed E-state index contributed by atoms with van der Waals surface area (Å²) in [5, 5.41) is 0. The third-order valence-electron chi connectivity index (χ3n) is 3.69. The van der Waals surface area contributed by atoms with Crippen LogP contribution in [-0.2, 0) is 16.5 Å². The summed E-state index contributed by atoms with van der Waals surface area (Å²) < 4.78 is 43.1. The minimum Gasteiger partial charge on any atom is -0.365 e. The molecule has 0 N–H and O–H groups in total. The predicted octanol–water partition coefficient (Wildman–Crippen LogP) is 3.27. The van der Waals surface area contributed by atoms with E-state index in [1.54, 1.807) is 0 Å². The van der Waals surface area contributed by atoms with Gasteiger partial charge in [-0.15, -0.1) is 0 Å². The van der Waals surface area contributed by atoms with Gasteiger partial charge in [-0.2, -0.15) is 13.2 Å². The molecule has 5 heteroatoms. The van der Waals surface area contributed by atoms with E-state index in [9.17, 15) is 13.2 Å². The summed E-state index contributed by atoms with van der Waals surface area (Å²) >= 11 is 0. The van der Waals surface area contributed by atoms with Gasteiger partial charge in [-0.1, -0.05) is 0 Å². The van der Waals surface area contributed by atoms with Crippen molar-refractivity contribution in [2.45, 2.75) is 43.6 Å². The smallest absolute Gasteiger partial charge is 0.365 e. The molecule has 0 atom stereocenters. The van der Waals surface area contributed by atoms with E-state index in [-0.39, 0.29) is 6.10 Å². The number of aromatic nitrogens is 1. The normalized spacial score (nSPS) is 32.1. The Morgan fingerprint density at radius 1 is 1.24 bits per heavy atom. The number of ether oxygens (including phenoxy) is 1. The molecule has 2 nitrogen and oxygen atoms in total. The number of hydrogen-bond acceptors (Lipinski definition) is 2. The van der Waals surface area contributed by atoms with Crippen LogP contribution in [-0.4, -0.2) is 11.1 Å². The molecule has 0 aromatic carbocycles. The van der Waals surface area contributed by atoms with Crippen LogP contribution in [0.25, 0.3) is 0 Å². The molecule has 0 unspecified atom stereocenters. The number of fused-ring (bicyclic) bond motifs is 2. The Morgan fingerprint density at radius 3 is 2.35 bits per heavy atom. The van der Waals surface area contributed by atoms with Crippen LogP contribution in [0.2, 0.25) is 0 Å². The van der Waals surface area contributed by atoms with Gasteiger partial charge in [0, 0.05) is 6.20 Å². The van der Waals surface area contributed by atoms with E-state index in [0.717, 1.165) is 37.9 Å². The Balaban J connectivity index is 1.90. The largest absolute Gasteiger partial charge is 0.417 e. The van der Waals surface area contributed by atoms with Gasteiger partial charge in [-0.05, 0) is 37.8 Å². The fraction of sp³-hybridized carbons (Fsp3) is 0.583. The summed E-state index contributed by atoms with van der Waals surface area (Å²) in [4.78, 5) is 3.95. The molecule has 2 fully saturated rings. The Bertz CT molecular complexity index is 418. The van der Waals surface area contributed by atoms with E-state index >= 15 is 0 Å². The lowest BCUT2D eigenvalue weighted by molar-refractivity contribution is -0.137. The highest BCUT2D eigenvalue weighted by Crippen LogP contribution is 2.49. The van der Waals surface area contributed by atoms with Gasteiger partial charge in [-0.25, -0.2) is 0 Å². The van der Waals surface area contributed by atoms with Crippen LogP contribution >= 0.6 is 0 Å². The molecule has 0 spiro atoms. The maximum absolute atomic E-state index is 12.4. The third kappa shape index (κ3) is 1.73. The van der Waals surface area contributed by atoms with Crippen molar-refractivity contribution < 1.29 is 17.9 Å². The molecule has 0 radical (unpaired) electrons. The van der Waals surface area contributed by atoms with Crippen LogP contribution in [0.3, 0.4) is 0 Å². The van der Waals surface area contributed by atoms with E-state index in [1.165, 1.54) is 6.07 Å². The average Bonchev–Trinajstić information content (AvgIpc) is 2.89. The Kier molecular flexibility index (Phi) is 2.23. The minimum absolute atomic E-state index is 0.277. The van der Waals surface area contributed by atoms with Crippen molar-refractivity contribution in [1.82, 2.24) is 4.98 Å². The molecule has 2 saturated heterocycles. The van der Waals surface area contributed by atoms with Crippen molar-refractivity contribution in [3.8, 4) is 0 Å². The van der Waals surface area contributed by atoms with Crippen molar-refractivity contribution >= 4 is 0 Å². The standard InChI is InChI=1S/C12H12F3NO/c13-12(14,15)8-1-2-10(16-7-8)11-5-3-9(17-11)4-6-11/h1-2,7,9H,3-6H2. The minimum atomic E-state index is -4.32. The lowest BCUT2D eigenvalue weighted by Gasteiger charge is -2.24. The second-order valence-electron chi connectivity index (χ2n) is 4.74. The van der Waals surface area contributed by atoms with Gasteiger partial charge in [0.25, 0.3) is 0 Å². The highest BCUT2D eigenvalue weighted by molar-refractivity contribution is 5.23. The fourth-order valence-electron chi connectivity index (χ4n) is 2.76. The highest BCUT2D eigenvalue weighted by Gasteiger charge is 2.48. The van der Waals surface area contributed by atoms with Gasteiger partial charge in [0.2, 0.25) is 0 Å². The Morgan fingerprint density at radius 2 is 1.94 bits per heavy atom. The monoisotopic (exact) mass is 243 g/mol. The summed E-state index contributed by atoms with van der Waals surface area (Å²) in [5.74, 6) is 0. The summed E-state index contributed by atoms with van der Waals surface area (Å²) in [6.45, 7) is 0. The van der Waals surface area contributed by atoms with Crippen LogP contribution in [0.15, 0.2) is 18.3 Å². The molecular weight excluding hydrogens is 231 g/mol. The first-order valence-electron chi connectivity index (χ1n) is 5.71. The van der Waals surface area contributed by atoms with Crippen LogP contribution in [0.1, 0.15) is 36.9 Å². The quantitative estimate of drug-likeness (QED) is 0.755. The maximum atomic E-state index is 12.4. The summed E-state index contributed by atoms with van der Waals surface area (Å²) in [6, 6.07) is 2.54. The lowest BCUT2D eigenvalue weighted by atomic mass is 9.85. The molecule has 3 heterocycles. The van der Waals surface area contributed by atoms with Crippen LogP contribution in [0.4, 0.5) is 13.2 Å². The van der Waals surface area contributed by atoms with Gasteiger partial charge < -0.3 is 4.74 Å². The summed E-state index contributed by atoms with van der Waals surface area (Å²) in [5.41, 5.74) is -0.467. The van der Waals surface area contributed by atoms with E-state index in [4.69, 9.17) is 4.74 Å². The highest BCUT2D eigenvalue weighted by atomic mass is 19.4. The molecule has 2 aliphatic rings. The van der Waals surface area contributed by atoms with E-state index in [0.29, 0.717) is 5.69 Å². The van der Waals surface area contributed by atoms with Gasteiger partial charge in [0.1, 0.15) is 5.60 Å². The molecule has 92 valence electrons. The van der Waals surface area contributed by atoms with Crippen LogP contribution < -0.4 is 0 Å². The first-order valence-corrected chi connectivity index (χ1v) is 5.71. The second-order valence-corrected chi connectivity index (χ2v) is 4.74. The topological polar surface area (TPSA) is 22.1 Å². The number of nitrogens with zero attached hydrogens (tertiary/aromatic N) is 1. The van der Waals surface area contributed by atoms with Crippen molar-refractivity contribution in [2.24, 2.45) is 0 Å². The number of halogens is 3. The first-order chi connectivity index (χ1) is 8.00. The van der Waals surface area contributed by atoms with Crippen molar-refractivity contribution in [1.29, 1.82) is 0 Å². The number of hydrogen-bond donors (Lipinski definition) is 0. The summed E-state index contributed by atoms with van der Waals surface area (Å²) in [6.07, 6.45) is 0.577. The van der Waals surface area contributed by atoms with E-state index in [2.05, 4.69) is 4.98 Å². The Hall–Kier alpha value is -1.10. The van der Waals surface area contributed by atoms with Crippen molar-refractivity contribution in [3.63, 3.8) is 0 Å². The van der Waals surface area contributed by atoms with Gasteiger partial charge in [0.05, 0.1) is 17.4 Å². The maximum Gasteiger partial charge on any atom is 0.417 e. The number of pyridine rings is 1. The zero-order valence-corrected chi connectivity index (χ0v) is 9.13. The summed E-state index contributed by atoms with van der Waals surface area (Å²) in [7, 11) is 0. The molecule has 1 aromatic heterocycles. The van der Waals surface area contributed by atoms with Crippen molar-refractivity contribution in [2.75, 3.05) is 0 Å². The lowest BCUT2D eigenvalue weighted by Crippen LogP contribution is -2.23. The molecule has 0 amide bonds. The third-order valence-corrected chi connectivity index (χ3v) is 3.69. The molecular formula is C12H12F3NO. The van der Waals surface area contributed by atoms with Gasteiger partial charge in [-0.3, -0.25) is 4.98 Å². The van der Waals surface area contributed by atoms with E-state index in [1.807, 2.05) is 0 Å². The van der Waals surface area contributed by atoms with Crippen LogP contribution in [0, 0.1) is 0 Å². The molecule has 1 aromatic rings. The number of alkyl halides is 3. The van der Waals surface area contributed by atoms with Gasteiger partial charge >= 0.3 is 6.18 Å². The predicted molar refractivity (Wildman–Crippen MR) is 54.3 cm³/mol. The molecule has 17 heavy (non-hydrogen) atoms. The Labute approximate surface area is 96.8 Å². The number of rotatable bonds is 1. The zero-order chi connectivity index (χ0) is 12.1. The fourth-order valence-corrected chi connectivity index (χ4v) is 2.76. The van der Waals surface area contributed by atoms with Crippen molar-refractivity contribution in [3.05, 3.63) is 29.6 Å². The van der Waals surface area contributed by atoms with Crippen LogP contribution in [0.5, 0.6) is 0 Å². The van der Waals surface area contributed by atoms with E-state index < -0.39 is 17.3 Å². The first kappa shape index (κ1) is 11.0. The second kappa shape index (κ2) is 3.45.